The summed E-state index contributed by atoms with van der Waals surface area (Å²) in [6.07, 6.45) is 0. The van der Waals surface area contributed by atoms with E-state index in [9.17, 15) is 18.0 Å². The average Bonchev–Trinajstić information content (AvgIpc) is 2.25. The second kappa shape index (κ2) is 7.04. The third kappa shape index (κ3) is 6.71. The topological polar surface area (TPSA) is 145 Å². The van der Waals surface area contributed by atoms with Gasteiger partial charge in [0.05, 0.1) is 12.4 Å². The number of carboxylic acids is 1. The molecule has 100 valence electrons. The van der Waals surface area contributed by atoms with Gasteiger partial charge in [-0.05, 0) is 7.05 Å². The zero-order valence-electron chi connectivity index (χ0n) is 9.13. The number of amides is 2. The van der Waals surface area contributed by atoms with Crippen molar-refractivity contribution in [1.82, 2.24) is 15.4 Å². The van der Waals surface area contributed by atoms with Gasteiger partial charge in [-0.3, -0.25) is 0 Å². The van der Waals surface area contributed by atoms with Gasteiger partial charge in [0, 0.05) is 6.54 Å². The number of aliphatic carboxylic acids is 1. The lowest BCUT2D eigenvalue weighted by Crippen LogP contribution is -2.48. The van der Waals surface area contributed by atoms with Crippen LogP contribution in [0.1, 0.15) is 0 Å². The van der Waals surface area contributed by atoms with Crippen molar-refractivity contribution in [3.05, 3.63) is 0 Å². The summed E-state index contributed by atoms with van der Waals surface area (Å²) >= 11 is 0. The third-order valence-corrected chi connectivity index (χ3v) is 3.12. The van der Waals surface area contributed by atoms with Crippen molar-refractivity contribution in [1.29, 1.82) is 0 Å². The summed E-state index contributed by atoms with van der Waals surface area (Å²) in [5.41, 5.74) is 0. The highest BCUT2D eigenvalue weighted by atomic mass is 32.2. The quantitative estimate of drug-likeness (QED) is 0.339. The SMILES string of the molecule is CNS(=O)(=O)CCNC(=O)N[C@H](CO)C(=O)O. The lowest BCUT2D eigenvalue weighted by molar-refractivity contribution is -0.140. The lowest BCUT2D eigenvalue weighted by Gasteiger charge is -2.12. The minimum Gasteiger partial charge on any atom is -0.480 e. The number of sulfonamides is 1. The molecule has 0 aromatic carbocycles. The predicted molar refractivity (Wildman–Crippen MR) is 57.9 cm³/mol. The van der Waals surface area contributed by atoms with Crippen LogP contribution < -0.4 is 15.4 Å². The van der Waals surface area contributed by atoms with E-state index in [-0.39, 0.29) is 12.3 Å². The largest absolute Gasteiger partial charge is 0.480 e. The van der Waals surface area contributed by atoms with Crippen molar-refractivity contribution in [2.75, 3.05) is 26.0 Å². The van der Waals surface area contributed by atoms with E-state index in [2.05, 4.69) is 10.0 Å². The second-order valence-electron chi connectivity index (χ2n) is 3.00. The summed E-state index contributed by atoms with van der Waals surface area (Å²) < 4.78 is 24.0. The first-order valence-electron chi connectivity index (χ1n) is 4.61. The third-order valence-electron chi connectivity index (χ3n) is 1.75. The molecule has 0 bridgehead atoms. The number of aliphatic hydroxyl groups is 1. The van der Waals surface area contributed by atoms with Gasteiger partial charge >= 0.3 is 12.0 Å². The van der Waals surface area contributed by atoms with E-state index < -0.39 is 34.7 Å². The summed E-state index contributed by atoms with van der Waals surface area (Å²) in [6.45, 7) is -0.926. The van der Waals surface area contributed by atoms with Crippen molar-refractivity contribution in [2.45, 2.75) is 6.04 Å². The van der Waals surface area contributed by atoms with Crippen molar-refractivity contribution in [3.8, 4) is 0 Å². The molecule has 0 radical (unpaired) electrons. The molecule has 0 heterocycles. The summed E-state index contributed by atoms with van der Waals surface area (Å²) in [7, 11) is -2.19. The molecular formula is C7H15N3O6S. The highest BCUT2D eigenvalue weighted by molar-refractivity contribution is 7.89. The van der Waals surface area contributed by atoms with Gasteiger partial charge in [-0.1, -0.05) is 0 Å². The Balaban J connectivity index is 4.00. The maximum atomic E-state index is 11.1. The minimum absolute atomic E-state index is 0.174. The van der Waals surface area contributed by atoms with Gasteiger partial charge in [-0.25, -0.2) is 22.7 Å². The Kier molecular flexibility index (Phi) is 6.46. The Bertz CT molecular complexity index is 368. The van der Waals surface area contributed by atoms with Gasteiger partial charge < -0.3 is 20.8 Å². The molecule has 0 spiro atoms. The molecule has 2 amide bonds. The maximum Gasteiger partial charge on any atom is 0.328 e. The molecule has 0 fully saturated rings. The van der Waals surface area contributed by atoms with Gasteiger partial charge in [0.2, 0.25) is 10.0 Å². The molecule has 0 aliphatic heterocycles. The Morgan fingerprint density at radius 2 is 1.94 bits per heavy atom. The summed E-state index contributed by atoms with van der Waals surface area (Å²) in [6, 6.07) is -2.28. The Hall–Kier alpha value is -1.39. The molecule has 0 aliphatic carbocycles. The first kappa shape index (κ1) is 15.6. The van der Waals surface area contributed by atoms with Crippen LogP contribution in [-0.2, 0) is 14.8 Å². The molecule has 0 saturated carbocycles. The molecule has 0 aliphatic rings. The first-order chi connectivity index (χ1) is 7.82. The zero-order valence-corrected chi connectivity index (χ0v) is 9.95. The molecule has 0 aromatic heterocycles. The van der Waals surface area contributed by atoms with Crippen LogP contribution in [0.4, 0.5) is 4.79 Å². The fourth-order valence-corrected chi connectivity index (χ4v) is 1.37. The fraction of sp³-hybridized carbons (Fsp3) is 0.714. The number of urea groups is 1. The van der Waals surface area contributed by atoms with Crippen LogP contribution in [0.25, 0.3) is 0 Å². The van der Waals surface area contributed by atoms with E-state index in [1.54, 1.807) is 0 Å². The number of hydrogen-bond donors (Lipinski definition) is 5. The number of nitrogens with one attached hydrogen (secondary N) is 3. The zero-order chi connectivity index (χ0) is 13.5. The Morgan fingerprint density at radius 1 is 1.35 bits per heavy atom. The molecule has 17 heavy (non-hydrogen) atoms. The molecule has 0 rings (SSSR count). The van der Waals surface area contributed by atoms with Gasteiger partial charge in [-0.2, -0.15) is 0 Å². The van der Waals surface area contributed by atoms with Crippen molar-refractivity contribution < 1.29 is 28.2 Å². The van der Waals surface area contributed by atoms with Crippen LogP contribution in [0, 0.1) is 0 Å². The van der Waals surface area contributed by atoms with Gasteiger partial charge in [0.1, 0.15) is 0 Å². The molecule has 1 atom stereocenters. The van der Waals surface area contributed by atoms with Crippen molar-refractivity contribution in [3.63, 3.8) is 0 Å². The van der Waals surface area contributed by atoms with Crippen LogP contribution in [0.2, 0.25) is 0 Å². The number of carboxylic acid groups (broad SMARTS) is 1. The molecule has 5 N–H and O–H groups in total. The van der Waals surface area contributed by atoms with E-state index in [1.807, 2.05) is 5.32 Å². The van der Waals surface area contributed by atoms with Gasteiger partial charge in [-0.15, -0.1) is 0 Å². The van der Waals surface area contributed by atoms with Gasteiger partial charge in [0.15, 0.2) is 6.04 Å². The average molecular weight is 269 g/mol. The van der Waals surface area contributed by atoms with Crippen LogP contribution >= 0.6 is 0 Å². The van der Waals surface area contributed by atoms with Crippen LogP contribution in [-0.4, -0.2) is 62.6 Å². The van der Waals surface area contributed by atoms with Crippen LogP contribution in [0.15, 0.2) is 0 Å². The number of carbonyl (C=O) groups is 2. The minimum atomic E-state index is -3.42. The van der Waals surface area contributed by atoms with Crippen LogP contribution in [0.3, 0.4) is 0 Å². The highest BCUT2D eigenvalue weighted by Crippen LogP contribution is 1.83. The van der Waals surface area contributed by atoms with E-state index in [1.165, 1.54) is 7.05 Å². The smallest absolute Gasteiger partial charge is 0.328 e. The van der Waals surface area contributed by atoms with Crippen molar-refractivity contribution >= 4 is 22.0 Å². The lowest BCUT2D eigenvalue weighted by atomic mass is 10.3. The highest BCUT2D eigenvalue weighted by Gasteiger charge is 2.18. The van der Waals surface area contributed by atoms with Crippen molar-refractivity contribution in [2.24, 2.45) is 0 Å². The summed E-state index contributed by atoms with van der Waals surface area (Å²) in [5.74, 6) is -1.71. The summed E-state index contributed by atoms with van der Waals surface area (Å²) in [4.78, 5) is 21.5. The number of carbonyl (C=O) groups excluding carboxylic acids is 1. The van der Waals surface area contributed by atoms with E-state index in [4.69, 9.17) is 10.2 Å². The molecule has 0 unspecified atom stereocenters. The second-order valence-corrected chi connectivity index (χ2v) is 5.04. The monoisotopic (exact) mass is 269 g/mol. The Labute approximate surface area is 98.3 Å². The molecule has 0 aromatic rings. The fourth-order valence-electron chi connectivity index (χ4n) is 0.796. The van der Waals surface area contributed by atoms with Gasteiger partial charge in [0.25, 0.3) is 0 Å². The normalized spacial score (nSPS) is 12.8. The molecule has 9 nitrogen and oxygen atoms in total. The molecule has 10 heteroatoms. The number of hydrogen-bond acceptors (Lipinski definition) is 5. The van der Waals surface area contributed by atoms with E-state index in [0.717, 1.165) is 0 Å². The standard InChI is InChI=1S/C7H15N3O6S/c1-8-17(15,16)3-2-9-7(14)10-5(4-11)6(12)13/h5,8,11H,2-4H2,1H3,(H,12,13)(H2,9,10,14)/t5-/m1/s1. The molecular weight excluding hydrogens is 254 g/mol. The number of rotatable bonds is 7. The first-order valence-corrected chi connectivity index (χ1v) is 6.27. The summed E-state index contributed by atoms with van der Waals surface area (Å²) in [5, 5.41) is 21.2. The Morgan fingerprint density at radius 3 is 2.35 bits per heavy atom. The number of aliphatic hydroxyl groups excluding tert-OH is 1. The molecule has 0 saturated heterocycles. The van der Waals surface area contributed by atoms with E-state index in [0.29, 0.717) is 0 Å². The maximum absolute atomic E-state index is 11.1. The van der Waals surface area contributed by atoms with E-state index >= 15 is 0 Å². The van der Waals surface area contributed by atoms with Crippen LogP contribution in [0.5, 0.6) is 0 Å². The predicted octanol–water partition coefficient (Wildman–Crippen LogP) is -2.72.